The van der Waals surface area contributed by atoms with E-state index in [1.165, 1.54) is 0 Å². The standard InChI is InChI=1S/C18H19N3O3S.K/c1-21(16-4-2-3-9-19-16)10-11-24-14-7-5-13(6-8-14)12-15-17(22)20-18(23)25-15;/h2-9,15H,10-12H2,1H3,(H,20,22,23);/q;+1/p-1. The molecule has 1 fully saturated rings. The molecule has 1 saturated heterocycles. The minimum absolute atomic E-state index is 0. The van der Waals surface area contributed by atoms with Gasteiger partial charge in [0.05, 0.1) is 17.7 Å². The molecule has 3 rings (SSSR count). The summed E-state index contributed by atoms with van der Waals surface area (Å²) in [6, 6.07) is 13.4. The van der Waals surface area contributed by atoms with Crippen LogP contribution >= 0.6 is 11.8 Å². The molecule has 0 aliphatic carbocycles. The van der Waals surface area contributed by atoms with Crippen molar-refractivity contribution in [2.24, 2.45) is 0 Å². The van der Waals surface area contributed by atoms with Crippen molar-refractivity contribution in [3.63, 3.8) is 0 Å². The number of likely N-dealkylation sites (N-methyl/N-ethyl adjacent to an activating group) is 1. The number of carbonyl (C=O) groups is 2. The van der Waals surface area contributed by atoms with Crippen LogP contribution in [0.25, 0.3) is 5.32 Å². The third-order valence-corrected chi connectivity index (χ3v) is 4.75. The number of ether oxygens (including phenoxy) is 1. The molecule has 2 heterocycles. The van der Waals surface area contributed by atoms with Gasteiger partial charge in [0.2, 0.25) is 0 Å². The van der Waals surface area contributed by atoms with Crippen molar-refractivity contribution < 1.29 is 65.7 Å². The predicted molar refractivity (Wildman–Crippen MR) is 98.3 cm³/mol. The molecular weight excluding hydrogens is 377 g/mol. The van der Waals surface area contributed by atoms with Crippen molar-refractivity contribution in [1.29, 1.82) is 0 Å². The van der Waals surface area contributed by atoms with E-state index in [1.54, 1.807) is 6.20 Å². The molecule has 0 spiro atoms. The summed E-state index contributed by atoms with van der Waals surface area (Å²) < 4.78 is 5.75. The normalized spacial score (nSPS) is 16.0. The van der Waals surface area contributed by atoms with Crippen LogP contribution in [0.4, 0.5) is 10.6 Å². The number of thioether (sulfide) groups is 1. The van der Waals surface area contributed by atoms with Crippen molar-refractivity contribution in [2.75, 3.05) is 25.1 Å². The molecule has 1 unspecified atom stereocenters. The Labute approximate surface area is 199 Å². The van der Waals surface area contributed by atoms with Crippen LogP contribution < -0.4 is 61.0 Å². The van der Waals surface area contributed by atoms with Crippen LogP contribution in [0.2, 0.25) is 0 Å². The number of benzene rings is 1. The smallest absolute Gasteiger partial charge is 0.585 e. The first-order valence-corrected chi connectivity index (χ1v) is 8.80. The molecule has 1 aliphatic rings. The van der Waals surface area contributed by atoms with Crippen molar-refractivity contribution in [2.45, 2.75) is 11.7 Å². The molecule has 1 aromatic carbocycles. The zero-order valence-electron chi connectivity index (χ0n) is 14.8. The van der Waals surface area contributed by atoms with Crippen LogP contribution in [-0.2, 0) is 11.2 Å². The quantitative estimate of drug-likeness (QED) is 0.627. The van der Waals surface area contributed by atoms with E-state index in [4.69, 9.17) is 4.74 Å². The maximum Gasteiger partial charge on any atom is 1.00 e. The number of anilines is 1. The number of carbonyl (C=O) groups excluding carboxylic acids is 2. The maximum atomic E-state index is 11.5. The number of hydrogen-bond donors (Lipinski definition) is 0. The van der Waals surface area contributed by atoms with Gasteiger partial charge in [-0.1, -0.05) is 30.0 Å². The van der Waals surface area contributed by atoms with Gasteiger partial charge in [0.15, 0.2) is 0 Å². The fourth-order valence-corrected chi connectivity index (χ4v) is 3.24. The van der Waals surface area contributed by atoms with E-state index < -0.39 is 10.5 Å². The average molecular weight is 396 g/mol. The Morgan fingerprint density at radius 3 is 2.58 bits per heavy atom. The average Bonchev–Trinajstić information content (AvgIpc) is 2.94. The fraction of sp³-hybridized carbons (Fsp3) is 0.278. The predicted octanol–water partition coefficient (Wildman–Crippen LogP) is 0.279. The molecule has 6 nitrogen and oxygen atoms in total. The van der Waals surface area contributed by atoms with Gasteiger partial charge < -0.3 is 24.5 Å². The van der Waals surface area contributed by atoms with Crippen LogP contribution in [0.1, 0.15) is 5.56 Å². The summed E-state index contributed by atoms with van der Waals surface area (Å²) in [4.78, 5) is 29.0. The summed E-state index contributed by atoms with van der Waals surface area (Å²) in [5.41, 5.74) is 0.980. The Kier molecular flexibility index (Phi) is 8.59. The second-order valence-corrected chi connectivity index (χ2v) is 6.78. The molecule has 1 atom stereocenters. The molecule has 0 N–H and O–H groups in total. The largest absolute Gasteiger partial charge is 1.00 e. The molecule has 8 heteroatoms. The van der Waals surface area contributed by atoms with Gasteiger partial charge in [-0.3, -0.25) is 0 Å². The van der Waals surface area contributed by atoms with Gasteiger partial charge in [-0.15, -0.1) is 0 Å². The second kappa shape index (κ2) is 10.4. The van der Waals surface area contributed by atoms with E-state index in [0.717, 1.165) is 35.4 Å². The van der Waals surface area contributed by atoms with E-state index in [1.807, 2.05) is 54.4 Å². The Hall–Kier alpha value is -0.904. The molecule has 2 aromatic rings. The number of imide groups is 1. The molecule has 26 heavy (non-hydrogen) atoms. The maximum absolute atomic E-state index is 11.5. The van der Waals surface area contributed by atoms with Crippen LogP contribution in [0.3, 0.4) is 0 Å². The van der Waals surface area contributed by atoms with E-state index in [9.17, 15) is 9.59 Å². The molecule has 1 aliphatic heterocycles. The number of aromatic nitrogens is 1. The number of rotatable bonds is 7. The first kappa shape index (κ1) is 21.4. The second-order valence-electron chi connectivity index (χ2n) is 5.63. The third kappa shape index (κ3) is 6.07. The summed E-state index contributed by atoms with van der Waals surface area (Å²) in [6.07, 6.45) is 2.26. The van der Waals surface area contributed by atoms with Crippen LogP contribution in [0.5, 0.6) is 5.75 Å². The molecule has 2 amide bonds. The Balaban J connectivity index is 0.00000243. The summed E-state index contributed by atoms with van der Waals surface area (Å²) in [7, 11) is 1.97. The summed E-state index contributed by atoms with van der Waals surface area (Å²) in [6.45, 7) is 1.26. The zero-order valence-corrected chi connectivity index (χ0v) is 18.7. The van der Waals surface area contributed by atoms with Crippen LogP contribution in [0, 0.1) is 0 Å². The summed E-state index contributed by atoms with van der Waals surface area (Å²) in [5.74, 6) is 1.33. The van der Waals surface area contributed by atoms with E-state index in [0.29, 0.717) is 13.0 Å². The first-order chi connectivity index (χ1) is 12.1. The number of pyridine rings is 1. The van der Waals surface area contributed by atoms with Gasteiger partial charge in [-0.2, -0.15) is 0 Å². The number of nitrogens with zero attached hydrogens (tertiary/aromatic N) is 3. The van der Waals surface area contributed by atoms with Crippen molar-refractivity contribution in [1.82, 2.24) is 4.98 Å². The van der Waals surface area contributed by atoms with Gasteiger partial charge in [-0.05, 0) is 36.2 Å². The molecule has 0 radical (unpaired) electrons. The number of hydrogen-bond acceptors (Lipinski definition) is 6. The summed E-state index contributed by atoms with van der Waals surface area (Å²) >= 11 is 0.990. The number of amides is 2. The minimum Gasteiger partial charge on any atom is -0.585 e. The van der Waals surface area contributed by atoms with Crippen molar-refractivity contribution in [3.8, 4) is 5.75 Å². The van der Waals surface area contributed by atoms with E-state index in [-0.39, 0.29) is 57.3 Å². The monoisotopic (exact) mass is 395 g/mol. The topological polar surface area (TPSA) is 73.6 Å². The van der Waals surface area contributed by atoms with Gasteiger partial charge in [0.1, 0.15) is 23.4 Å². The van der Waals surface area contributed by atoms with Gasteiger partial charge in [0.25, 0.3) is 0 Å². The van der Waals surface area contributed by atoms with Crippen molar-refractivity contribution in [3.05, 3.63) is 59.5 Å². The van der Waals surface area contributed by atoms with Crippen LogP contribution in [-0.4, -0.2) is 41.6 Å². The SMILES string of the molecule is CN(CCOc1ccc(CC2SC(=O)[N-]C2=O)cc1)c1ccccn1.[K+]. The van der Waals surface area contributed by atoms with Gasteiger partial charge in [-0.25, -0.2) is 4.98 Å². The zero-order chi connectivity index (χ0) is 17.6. The van der Waals surface area contributed by atoms with Crippen molar-refractivity contribution >= 4 is 28.7 Å². The fourth-order valence-electron chi connectivity index (χ4n) is 2.42. The van der Waals surface area contributed by atoms with Crippen LogP contribution in [0.15, 0.2) is 48.7 Å². The van der Waals surface area contributed by atoms with E-state index in [2.05, 4.69) is 10.3 Å². The Bertz CT molecular complexity index is 743. The molecular formula is C18H18KN3O3S. The third-order valence-electron chi connectivity index (χ3n) is 3.80. The molecule has 130 valence electrons. The minimum atomic E-state index is -0.397. The van der Waals surface area contributed by atoms with Gasteiger partial charge >= 0.3 is 51.4 Å². The van der Waals surface area contributed by atoms with Gasteiger partial charge in [0, 0.05) is 13.2 Å². The Morgan fingerprint density at radius 2 is 1.96 bits per heavy atom. The Morgan fingerprint density at radius 1 is 1.19 bits per heavy atom. The first-order valence-electron chi connectivity index (χ1n) is 7.92. The summed E-state index contributed by atoms with van der Waals surface area (Å²) in [5, 5.41) is 2.62. The molecule has 0 bridgehead atoms. The molecule has 1 aromatic heterocycles. The molecule has 0 saturated carbocycles. The van der Waals surface area contributed by atoms with E-state index >= 15 is 0 Å².